The average molecular weight is 426 g/mol. The van der Waals surface area contributed by atoms with Crippen LogP contribution in [-0.4, -0.2) is 67.5 Å². The molecule has 1 aliphatic carbocycles. The molecule has 2 N–H and O–H groups in total. The van der Waals surface area contributed by atoms with E-state index in [0.717, 1.165) is 50.5 Å². The summed E-state index contributed by atoms with van der Waals surface area (Å²) in [4.78, 5) is 20.6. The van der Waals surface area contributed by atoms with Gasteiger partial charge in [0.1, 0.15) is 5.82 Å². The first kappa shape index (κ1) is 19.1. The Hall–Kier alpha value is -1.67. The molecule has 0 aromatic heterocycles. The van der Waals surface area contributed by atoms with Gasteiger partial charge in [-0.05, 0) is 46.5 Å². The molecule has 1 saturated heterocycles. The summed E-state index contributed by atoms with van der Waals surface area (Å²) in [7, 11) is 1.75. The SMILES string of the molecule is CN=C(NCc1ccc(Br)c(F)c1)N1CCN(CC(=O)NC2CC2)CC1. The van der Waals surface area contributed by atoms with E-state index in [1.165, 1.54) is 6.07 Å². The largest absolute Gasteiger partial charge is 0.352 e. The topological polar surface area (TPSA) is 60.0 Å². The number of hydrogen-bond acceptors (Lipinski definition) is 3. The molecule has 142 valence electrons. The fraction of sp³-hybridized carbons (Fsp3) is 0.556. The van der Waals surface area contributed by atoms with Crippen LogP contribution in [0.3, 0.4) is 0 Å². The lowest BCUT2D eigenvalue weighted by Crippen LogP contribution is -2.54. The van der Waals surface area contributed by atoms with Gasteiger partial charge >= 0.3 is 0 Å². The van der Waals surface area contributed by atoms with Crippen molar-refractivity contribution in [1.29, 1.82) is 0 Å². The predicted octanol–water partition coefficient (Wildman–Crippen LogP) is 1.56. The van der Waals surface area contributed by atoms with Gasteiger partial charge in [-0.25, -0.2) is 4.39 Å². The number of piperazine rings is 1. The molecule has 0 spiro atoms. The zero-order valence-electron chi connectivity index (χ0n) is 15.0. The maximum Gasteiger partial charge on any atom is 0.234 e. The summed E-state index contributed by atoms with van der Waals surface area (Å²) in [5.41, 5.74) is 0.863. The number of guanidine groups is 1. The quantitative estimate of drug-likeness (QED) is 0.555. The lowest BCUT2D eigenvalue weighted by molar-refractivity contribution is -0.122. The molecule has 1 amide bonds. The van der Waals surface area contributed by atoms with E-state index in [1.54, 1.807) is 13.1 Å². The Morgan fingerprint density at radius 1 is 1.31 bits per heavy atom. The van der Waals surface area contributed by atoms with Crippen LogP contribution in [0.15, 0.2) is 27.7 Å². The molecule has 1 heterocycles. The maximum atomic E-state index is 13.6. The summed E-state index contributed by atoms with van der Waals surface area (Å²) in [5, 5.41) is 6.32. The van der Waals surface area contributed by atoms with E-state index in [0.29, 0.717) is 23.6 Å². The number of nitrogens with one attached hydrogen (secondary N) is 2. The second kappa shape index (κ2) is 8.81. The number of benzene rings is 1. The normalized spacial score (nSPS) is 18.7. The third-order valence-corrected chi connectivity index (χ3v) is 5.27. The van der Waals surface area contributed by atoms with Crippen molar-refractivity contribution in [1.82, 2.24) is 20.4 Å². The van der Waals surface area contributed by atoms with Gasteiger partial charge in [0.15, 0.2) is 5.96 Å². The van der Waals surface area contributed by atoms with Crippen LogP contribution in [0.25, 0.3) is 0 Å². The lowest BCUT2D eigenvalue weighted by Gasteiger charge is -2.36. The number of rotatable bonds is 5. The number of carbonyl (C=O) groups is 1. The Bertz CT molecular complexity index is 672. The van der Waals surface area contributed by atoms with Gasteiger partial charge in [-0.3, -0.25) is 14.7 Å². The van der Waals surface area contributed by atoms with Crippen molar-refractivity contribution < 1.29 is 9.18 Å². The first-order chi connectivity index (χ1) is 12.5. The molecule has 3 rings (SSSR count). The summed E-state index contributed by atoms with van der Waals surface area (Å²) >= 11 is 3.16. The van der Waals surface area contributed by atoms with E-state index in [1.807, 2.05) is 6.07 Å². The first-order valence-electron chi connectivity index (χ1n) is 8.96. The zero-order chi connectivity index (χ0) is 18.5. The summed E-state index contributed by atoms with van der Waals surface area (Å²) in [6.45, 7) is 4.25. The molecule has 0 unspecified atom stereocenters. The molecule has 2 fully saturated rings. The van der Waals surface area contributed by atoms with Gasteiger partial charge in [-0.2, -0.15) is 0 Å². The number of amides is 1. The minimum Gasteiger partial charge on any atom is -0.352 e. The minimum atomic E-state index is -0.266. The van der Waals surface area contributed by atoms with Gasteiger partial charge in [0.25, 0.3) is 0 Å². The molecular formula is C18H25BrFN5O. The Labute approximate surface area is 162 Å². The number of nitrogens with zero attached hydrogens (tertiary/aromatic N) is 3. The minimum absolute atomic E-state index is 0.126. The van der Waals surface area contributed by atoms with Crippen molar-refractivity contribution in [2.24, 2.45) is 4.99 Å². The highest BCUT2D eigenvalue weighted by molar-refractivity contribution is 9.10. The van der Waals surface area contributed by atoms with Crippen LogP contribution in [0.4, 0.5) is 4.39 Å². The van der Waals surface area contributed by atoms with Crippen molar-refractivity contribution in [3.05, 3.63) is 34.1 Å². The fourth-order valence-electron chi connectivity index (χ4n) is 2.98. The molecular weight excluding hydrogens is 401 g/mol. The highest BCUT2D eigenvalue weighted by Gasteiger charge is 2.25. The molecule has 8 heteroatoms. The Balaban J connectivity index is 1.44. The summed E-state index contributed by atoms with van der Waals surface area (Å²) in [6, 6.07) is 5.51. The summed E-state index contributed by atoms with van der Waals surface area (Å²) < 4.78 is 14.1. The van der Waals surface area contributed by atoms with Crippen molar-refractivity contribution in [3.8, 4) is 0 Å². The van der Waals surface area contributed by atoms with Crippen LogP contribution in [0.2, 0.25) is 0 Å². The van der Waals surface area contributed by atoms with Crippen LogP contribution in [0, 0.1) is 5.82 Å². The molecule has 0 radical (unpaired) electrons. The fourth-order valence-corrected chi connectivity index (χ4v) is 3.23. The molecule has 1 saturated carbocycles. The smallest absolute Gasteiger partial charge is 0.234 e. The van der Waals surface area contributed by atoms with E-state index in [-0.39, 0.29) is 11.7 Å². The summed E-state index contributed by atoms with van der Waals surface area (Å²) in [6.07, 6.45) is 2.23. The Morgan fingerprint density at radius 2 is 2.04 bits per heavy atom. The standard InChI is InChI=1S/C18H25BrFN5O/c1-21-18(22-11-13-2-5-15(19)16(20)10-13)25-8-6-24(7-9-25)12-17(26)23-14-3-4-14/h2,5,10,14H,3-4,6-9,11-12H2,1H3,(H,21,22)(H,23,26). The van der Waals surface area contributed by atoms with Crippen molar-refractivity contribution >= 4 is 27.8 Å². The second-order valence-corrected chi connectivity index (χ2v) is 7.61. The molecule has 1 aromatic rings. The van der Waals surface area contributed by atoms with Gasteiger partial charge in [-0.15, -0.1) is 0 Å². The molecule has 0 atom stereocenters. The molecule has 1 aromatic carbocycles. The van der Waals surface area contributed by atoms with Crippen LogP contribution < -0.4 is 10.6 Å². The van der Waals surface area contributed by atoms with E-state index in [9.17, 15) is 9.18 Å². The number of carbonyl (C=O) groups excluding carboxylic acids is 1. The molecule has 0 bridgehead atoms. The van der Waals surface area contributed by atoms with Crippen LogP contribution in [-0.2, 0) is 11.3 Å². The lowest BCUT2D eigenvalue weighted by atomic mass is 10.2. The summed E-state index contributed by atoms with van der Waals surface area (Å²) in [5.74, 6) is 0.661. The van der Waals surface area contributed by atoms with Gasteiger partial charge in [0.2, 0.25) is 5.91 Å². The third kappa shape index (κ3) is 5.41. The molecule has 6 nitrogen and oxygen atoms in total. The van der Waals surface area contributed by atoms with Crippen LogP contribution in [0.1, 0.15) is 18.4 Å². The average Bonchev–Trinajstić information content (AvgIpc) is 3.43. The van der Waals surface area contributed by atoms with Crippen molar-refractivity contribution in [2.75, 3.05) is 39.8 Å². The molecule has 26 heavy (non-hydrogen) atoms. The highest BCUT2D eigenvalue weighted by atomic mass is 79.9. The van der Waals surface area contributed by atoms with Crippen LogP contribution >= 0.6 is 15.9 Å². The van der Waals surface area contributed by atoms with E-state index < -0.39 is 0 Å². The Kier molecular flexibility index (Phi) is 6.48. The maximum absolute atomic E-state index is 13.6. The second-order valence-electron chi connectivity index (χ2n) is 6.75. The van der Waals surface area contributed by atoms with Gasteiger partial charge in [0.05, 0.1) is 11.0 Å². The van der Waals surface area contributed by atoms with Gasteiger partial charge in [0, 0.05) is 45.8 Å². The van der Waals surface area contributed by atoms with E-state index >= 15 is 0 Å². The number of aliphatic imine (C=N–C) groups is 1. The third-order valence-electron chi connectivity index (χ3n) is 4.63. The first-order valence-corrected chi connectivity index (χ1v) is 9.75. The van der Waals surface area contributed by atoms with Crippen molar-refractivity contribution in [2.45, 2.75) is 25.4 Å². The predicted molar refractivity (Wildman–Crippen MR) is 103 cm³/mol. The van der Waals surface area contributed by atoms with Gasteiger partial charge < -0.3 is 15.5 Å². The monoisotopic (exact) mass is 425 g/mol. The number of halogens is 2. The van der Waals surface area contributed by atoms with E-state index in [4.69, 9.17) is 0 Å². The Morgan fingerprint density at radius 3 is 2.65 bits per heavy atom. The van der Waals surface area contributed by atoms with E-state index in [2.05, 4.69) is 41.4 Å². The zero-order valence-corrected chi connectivity index (χ0v) is 16.6. The molecule has 1 aliphatic heterocycles. The van der Waals surface area contributed by atoms with Crippen molar-refractivity contribution in [3.63, 3.8) is 0 Å². The highest BCUT2D eigenvalue weighted by Crippen LogP contribution is 2.18. The molecule has 2 aliphatic rings. The number of hydrogen-bond donors (Lipinski definition) is 2. The van der Waals surface area contributed by atoms with Gasteiger partial charge in [-0.1, -0.05) is 6.07 Å². The van der Waals surface area contributed by atoms with Crippen LogP contribution in [0.5, 0.6) is 0 Å².